The number of nitrogens with one attached hydrogen (secondary N) is 2. The predicted octanol–water partition coefficient (Wildman–Crippen LogP) is 4.41. The van der Waals surface area contributed by atoms with Crippen molar-refractivity contribution < 1.29 is 13.6 Å². The molecule has 0 unspecified atom stereocenters. The number of halogens is 3. The molecule has 0 aliphatic heterocycles. The molecule has 2 amide bonds. The highest BCUT2D eigenvalue weighted by Crippen LogP contribution is 2.19. The van der Waals surface area contributed by atoms with Crippen LogP contribution in [0.1, 0.15) is 19.3 Å². The molecule has 19 heavy (non-hydrogen) atoms. The second-order valence-corrected chi connectivity index (χ2v) is 4.26. The van der Waals surface area contributed by atoms with Gasteiger partial charge >= 0.3 is 6.03 Å². The summed E-state index contributed by atoms with van der Waals surface area (Å²) < 4.78 is 23.4. The Balaban J connectivity index is 2.19. The molecule has 3 nitrogen and oxygen atoms in total. The summed E-state index contributed by atoms with van der Waals surface area (Å²) in [7, 11) is 0. The molecule has 6 heteroatoms. The fourth-order valence-electron chi connectivity index (χ4n) is 1.41. The number of allylic oxidation sites excluding steroid dienone is 1. The van der Waals surface area contributed by atoms with Crippen molar-refractivity contribution in [1.82, 2.24) is 5.32 Å². The lowest BCUT2D eigenvalue weighted by Gasteiger charge is -2.08. The first-order chi connectivity index (χ1) is 9.09. The molecule has 104 valence electrons. The maximum absolute atomic E-state index is 11.7. The highest BCUT2D eigenvalue weighted by atomic mass is 35.5. The molecule has 2 N–H and O–H groups in total. The Kier molecular flexibility index (Phi) is 6.89. The molecule has 0 spiro atoms. The van der Waals surface area contributed by atoms with Crippen molar-refractivity contribution in [1.29, 1.82) is 0 Å². The van der Waals surface area contributed by atoms with E-state index in [0.717, 1.165) is 6.08 Å². The Morgan fingerprint density at radius 3 is 2.68 bits per heavy atom. The monoisotopic (exact) mass is 288 g/mol. The first-order valence-corrected chi connectivity index (χ1v) is 6.28. The van der Waals surface area contributed by atoms with Gasteiger partial charge < -0.3 is 10.6 Å². The molecule has 0 heterocycles. The molecular weight excluding hydrogens is 274 g/mol. The third-order valence-corrected chi connectivity index (χ3v) is 2.67. The van der Waals surface area contributed by atoms with Gasteiger partial charge in [0.1, 0.15) is 0 Å². The molecule has 0 saturated carbocycles. The lowest BCUT2D eigenvalue weighted by atomic mass is 10.2. The van der Waals surface area contributed by atoms with E-state index in [-0.39, 0.29) is 6.03 Å². The molecule has 0 atom stereocenters. The number of amides is 2. The van der Waals surface area contributed by atoms with Gasteiger partial charge in [-0.05, 0) is 37.5 Å². The normalized spacial score (nSPS) is 9.84. The second kappa shape index (κ2) is 8.48. The zero-order valence-corrected chi connectivity index (χ0v) is 11.0. The first kappa shape index (κ1) is 15.4. The van der Waals surface area contributed by atoms with Crippen LogP contribution >= 0.6 is 11.6 Å². The molecule has 0 bridgehead atoms. The van der Waals surface area contributed by atoms with Gasteiger partial charge in [-0.3, -0.25) is 0 Å². The molecule has 0 fully saturated rings. The number of para-hydroxylation sites is 1. The van der Waals surface area contributed by atoms with E-state index in [0.29, 0.717) is 36.5 Å². The maximum atomic E-state index is 11.7. The zero-order valence-electron chi connectivity index (χ0n) is 10.3. The van der Waals surface area contributed by atoms with Crippen LogP contribution in [-0.2, 0) is 0 Å². The number of hydrogen-bond acceptors (Lipinski definition) is 1. The Bertz CT molecular complexity index is 448. The molecule has 0 aliphatic rings. The van der Waals surface area contributed by atoms with Crippen LogP contribution < -0.4 is 10.6 Å². The standard InChI is InChI=1S/C13H15ClF2N2O/c14-10-6-3-4-7-11(10)18-13(19)17-9-5-1-2-8-12(15)16/h3-4,6-8H,1-2,5,9H2,(H2,17,18,19). The second-order valence-electron chi connectivity index (χ2n) is 3.85. The van der Waals surface area contributed by atoms with Crippen molar-refractivity contribution in [3.8, 4) is 0 Å². The van der Waals surface area contributed by atoms with Crippen molar-refractivity contribution in [2.24, 2.45) is 0 Å². The predicted molar refractivity (Wildman–Crippen MR) is 72.6 cm³/mol. The van der Waals surface area contributed by atoms with Crippen LogP contribution in [0.15, 0.2) is 36.4 Å². The van der Waals surface area contributed by atoms with Gasteiger partial charge in [0.25, 0.3) is 6.08 Å². The maximum Gasteiger partial charge on any atom is 0.319 e. The number of benzene rings is 1. The molecule has 1 aromatic rings. The topological polar surface area (TPSA) is 41.1 Å². The van der Waals surface area contributed by atoms with Crippen LogP contribution in [0.2, 0.25) is 5.02 Å². The average molecular weight is 289 g/mol. The molecule has 0 aliphatic carbocycles. The van der Waals surface area contributed by atoms with E-state index in [9.17, 15) is 13.6 Å². The quantitative estimate of drug-likeness (QED) is 0.748. The van der Waals surface area contributed by atoms with Crippen molar-refractivity contribution >= 4 is 23.3 Å². The Labute approximate surface area is 115 Å². The van der Waals surface area contributed by atoms with Crippen molar-refractivity contribution in [3.05, 3.63) is 41.4 Å². The van der Waals surface area contributed by atoms with E-state index < -0.39 is 6.08 Å². The summed E-state index contributed by atoms with van der Waals surface area (Å²) in [4.78, 5) is 11.5. The van der Waals surface area contributed by atoms with Crippen LogP contribution in [0.25, 0.3) is 0 Å². The largest absolute Gasteiger partial charge is 0.338 e. The van der Waals surface area contributed by atoms with Crippen LogP contribution in [0.5, 0.6) is 0 Å². The van der Waals surface area contributed by atoms with Gasteiger partial charge in [-0.2, -0.15) is 8.78 Å². The van der Waals surface area contributed by atoms with E-state index in [1.165, 1.54) is 0 Å². The molecule has 0 radical (unpaired) electrons. The number of rotatable bonds is 6. The summed E-state index contributed by atoms with van der Waals surface area (Å²) in [6, 6.07) is 6.54. The van der Waals surface area contributed by atoms with Crippen LogP contribution in [-0.4, -0.2) is 12.6 Å². The number of anilines is 1. The third kappa shape index (κ3) is 6.76. The molecule has 1 aromatic carbocycles. The molecule has 0 saturated heterocycles. The summed E-state index contributed by atoms with van der Waals surface area (Å²) in [5.41, 5.74) is 0.532. The van der Waals surface area contributed by atoms with Crippen molar-refractivity contribution in [2.75, 3.05) is 11.9 Å². The highest BCUT2D eigenvalue weighted by molar-refractivity contribution is 6.33. The SMILES string of the molecule is O=C(NCCCCC=C(F)F)Nc1ccccc1Cl. The number of urea groups is 1. The van der Waals surface area contributed by atoms with Crippen molar-refractivity contribution in [3.63, 3.8) is 0 Å². The number of hydrogen-bond donors (Lipinski definition) is 2. The van der Waals surface area contributed by atoms with E-state index in [1.807, 2.05) is 0 Å². The number of carbonyl (C=O) groups excluding carboxylic acids is 1. The van der Waals surface area contributed by atoms with Gasteiger partial charge in [-0.15, -0.1) is 0 Å². The van der Waals surface area contributed by atoms with E-state index in [1.54, 1.807) is 24.3 Å². The summed E-state index contributed by atoms with van der Waals surface area (Å²) in [6.45, 7) is 0.429. The molecule has 0 aromatic heterocycles. The average Bonchev–Trinajstić information content (AvgIpc) is 2.36. The van der Waals surface area contributed by atoms with Gasteiger partial charge in [-0.1, -0.05) is 23.7 Å². The first-order valence-electron chi connectivity index (χ1n) is 5.90. The minimum atomic E-state index is -1.66. The van der Waals surface area contributed by atoms with E-state index in [2.05, 4.69) is 10.6 Å². The fourth-order valence-corrected chi connectivity index (χ4v) is 1.59. The van der Waals surface area contributed by atoms with Gasteiger partial charge in [0.05, 0.1) is 10.7 Å². The minimum absolute atomic E-state index is 0.316. The summed E-state index contributed by atoms with van der Waals surface area (Å²) in [6.07, 6.45) is 0.771. The molecular formula is C13H15ClF2N2O. The van der Waals surface area contributed by atoms with Gasteiger partial charge in [0.15, 0.2) is 0 Å². The lowest BCUT2D eigenvalue weighted by molar-refractivity contribution is 0.252. The van der Waals surface area contributed by atoms with Gasteiger partial charge in [0, 0.05) is 6.54 Å². The number of carbonyl (C=O) groups is 1. The van der Waals surface area contributed by atoms with Gasteiger partial charge in [-0.25, -0.2) is 4.79 Å². The fraction of sp³-hybridized carbons (Fsp3) is 0.308. The van der Waals surface area contributed by atoms with Crippen LogP contribution in [0, 0.1) is 0 Å². The van der Waals surface area contributed by atoms with Crippen LogP contribution in [0.4, 0.5) is 19.3 Å². The lowest BCUT2D eigenvalue weighted by Crippen LogP contribution is -2.29. The summed E-state index contributed by atoms with van der Waals surface area (Å²) in [5, 5.41) is 5.69. The zero-order chi connectivity index (χ0) is 14.1. The van der Waals surface area contributed by atoms with E-state index in [4.69, 9.17) is 11.6 Å². The Hall–Kier alpha value is -1.62. The third-order valence-electron chi connectivity index (χ3n) is 2.34. The smallest absolute Gasteiger partial charge is 0.319 e. The Morgan fingerprint density at radius 1 is 1.26 bits per heavy atom. The van der Waals surface area contributed by atoms with Crippen molar-refractivity contribution in [2.45, 2.75) is 19.3 Å². The van der Waals surface area contributed by atoms with Crippen LogP contribution in [0.3, 0.4) is 0 Å². The summed E-state index contributed by atoms with van der Waals surface area (Å²) >= 11 is 5.88. The highest BCUT2D eigenvalue weighted by Gasteiger charge is 2.03. The number of unbranched alkanes of at least 4 members (excludes halogenated alkanes) is 2. The van der Waals surface area contributed by atoms with E-state index >= 15 is 0 Å². The molecule has 1 rings (SSSR count). The van der Waals surface area contributed by atoms with Gasteiger partial charge in [0.2, 0.25) is 0 Å². The summed E-state index contributed by atoms with van der Waals surface area (Å²) in [5.74, 6) is 0. The minimum Gasteiger partial charge on any atom is -0.338 e. The Morgan fingerprint density at radius 2 is 2.00 bits per heavy atom.